The normalized spacial score (nSPS) is 30.9. The first-order valence-electron chi connectivity index (χ1n) is 7.73. The van der Waals surface area contributed by atoms with Gasteiger partial charge in [-0.2, -0.15) is 0 Å². The fourth-order valence-corrected chi connectivity index (χ4v) is 6.51. The van der Waals surface area contributed by atoms with E-state index in [-0.39, 0.29) is 22.2 Å². The van der Waals surface area contributed by atoms with Gasteiger partial charge in [0.15, 0.2) is 15.6 Å². The molecule has 4 heteroatoms. The minimum atomic E-state index is -2.98. The molecule has 21 heavy (non-hydrogen) atoms. The van der Waals surface area contributed by atoms with Crippen LogP contribution in [0.5, 0.6) is 0 Å². The Morgan fingerprint density at radius 2 is 1.52 bits per heavy atom. The number of carbonyl (C=O) groups is 1. The first-order valence-corrected chi connectivity index (χ1v) is 9.34. The molecule has 2 saturated heterocycles. The number of benzene rings is 1. The second-order valence-electron chi connectivity index (χ2n) is 6.67. The summed E-state index contributed by atoms with van der Waals surface area (Å²) in [5, 5.41) is -0.574. The fourth-order valence-electron chi connectivity index (χ4n) is 3.98. The molecule has 1 aromatic carbocycles. The minimum Gasteiger partial charge on any atom is -0.294 e. The summed E-state index contributed by atoms with van der Waals surface area (Å²) in [5.74, 6) is 0.0126. The molecular weight excluding hydrogens is 284 g/mol. The van der Waals surface area contributed by atoms with Crippen LogP contribution in [-0.4, -0.2) is 24.7 Å². The third kappa shape index (κ3) is 2.66. The van der Waals surface area contributed by atoms with E-state index in [0.717, 1.165) is 36.0 Å². The number of hydrogen-bond donors (Lipinski definition) is 0. The Morgan fingerprint density at radius 1 is 1.00 bits per heavy atom. The number of hydrogen-bond acceptors (Lipinski definition) is 3. The van der Waals surface area contributed by atoms with Gasteiger partial charge in [0.25, 0.3) is 0 Å². The van der Waals surface area contributed by atoms with Crippen LogP contribution in [-0.2, 0) is 9.84 Å². The van der Waals surface area contributed by atoms with Crippen LogP contribution in [0.1, 0.15) is 53.6 Å². The smallest absolute Gasteiger partial charge is 0.166 e. The van der Waals surface area contributed by atoms with E-state index in [1.54, 1.807) is 0 Å². The van der Waals surface area contributed by atoms with Gasteiger partial charge in [-0.1, -0.05) is 23.6 Å². The number of sulfone groups is 1. The topological polar surface area (TPSA) is 51.2 Å². The highest BCUT2D eigenvalue weighted by Gasteiger charge is 2.46. The average Bonchev–Trinajstić information content (AvgIpc) is 2.35. The van der Waals surface area contributed by atoms with Gasteiger partial charge in [-0.25, -0.2) is 8.42 Å². The van der Waals surface area contributed by atoms with Crippen LogP contribution in [0.3, 0.4) is 0 Å². The van der Waals surface area contributed by atoms with Crippen LogP contribution >= 0.6 is 0 Å². The van der Waals surface area contributed by atoms with E-state index >= 15 is 0 Å². The molecule has 0 saturated carbocycles. The van der Waals surface area contributed by atoms with Crippen molar-refractivity contribution in [3.63, 3.8) is 0 Å². The first-order chi connectivity index (χ1) is 9.88. The molecule has 114 valence electrons. The van der Waals surface area contributed by atoms with Gasteiger partial charge in [-0.3, -0.25) is 4.79 Å². The predicted octanol–water partition coefficient (Wildman–Crippen LogP) is 3.23. The Labute approximate surface area is 126 Å². The van der Waals surface area contributed by atoms with Crippen molar-refractivity contribution < 1.29 is 13.2 Å². The van der Waals surface area contributed by atoms with Crippen molar-refractivity contribution >= 4 is 15.6 Å². The zero-order valence-electron chi connectivity index (χ0n) is 12.6. The maximum Gasteiger partial charge on any atom is 0.166 e. The van der Waals surface area contributed by atoms with Crippen molar-refractivity contribution in [3.8, 4) is 0 Å². The molecule has 0 spiro atoms. The maximum atomic E-state index is 12.8. The Morgan fingerprint density at radius 3 is 2.05 bits per heavy atom. The molecule has 3 rings (SSSR count). The molecule has 2 bridgehead atoms. The number of aryl methyl sites for hydroxylation is 2. The van der Waals surface area contributed by atoms with Gasteiger partial charge in [-0.15, -0.1) is 0 Å². The maximum absolute atomic E-state index is 12.8. The van der Waals surface area contributed by atoms with Gasteiger partial charge < -0.3 is 0 Å². The molecule has 2 aliphatic rings. The second kappa shape index (κ2) is 5.24. The standard InChI is InChI=1S/C17H22O3S/c1-11-6-12(2)8-13(7-11)17(18)14-9-15-4-3-5-16(10-14)21(15,19)20/h6-8,14-16H,3-5,9-10H2,1-2H3. The van der Waals surface area contributed by atoms with Gasteiger partial charge in [-0.05, 0) is 51.7 Å². The van der Waals surface area contributed by atoms with E-state index in [1.807, 2.05) is 26.0 Å². The van der Waals surface area contributed by atoms with Crippen molar-refractivity contribution in [2.24, 2.45) is 5.92 Å². The van der Waals surface area contributed by atoms with E-state index < -0.39 is 9.84 Å². The van der Waals surface area contributed by atoms with Gasteiger partial charge in [0.2, 0.25) is 0 Å². The van der Waals surface area contributed by atoms with Crippen LogP contribution in [0, 0.1) is 19.8 Å². The highest BCUT2D eigenvalue weighted by atomic mass is 32.2. The van der Waals surface area contributed by atoms with Crippen molar-refractivity contribution in [2.75, 3.05) is 0 Å². The number of rotatable bonds is 2. The summed E-state index contributed by atoms with van der Waals surface area (Å²) >= 11 is 0. The number of carbonyl (C=O) groups excluding carboxylic acids is 1. The Balaban J connectivity index is 1.87. The zero-order valence-corrected chi connectivity index (χ0v) is 13.4. The molecule has 2 heterocycles. The first kappa shape index (κ1) is 14.8. The summed E-state index contributed by atoms with van der Waals surface area (Å²) in [7, 11) is -2.98. The lowest BCUT2D eigenvalue weighted by Gasteiger charge is -2.38. The molecule has 3 nitrogen and oxygen atoms in total. The van der Waals surface area contributed by atoms with E-state index in [4.69, 9.17) is 0 Å². The predicted molar refractivity (Wildman–Crippen MR) is 83.3 cm³/mol. The van der Waals surface area contributed by atoms with Crippen molar-refractivity contribution in [1.82, 2.24) is 0 Å². The summed E-state index contributed by atoms with van der Waals surface area (Å²) in [5.41, 5.74) is 2.92. The SMILES string of the molecule is Cc1cc(C)cc(C(=O)C2CC3CCCC(C2)S3(=O)=O)c1. The summed E-state index contributed by atoms with van der Waals surface area (Å²) in [6, 6.07) is 5.90. The molecule has 2 fully saturated rings. The van der Waals surface area contributed by atoms with Crippen molar-refractivity contribution in [3.05, 3.63) is 34.9 Å². The van der Waals surface area contributed by atoms with Gasteiger partial charge >= 0.3 is 0 Å². The van der Waals surface area contributed by atoms with E-state index in [0.29, 0.717) is 12.8 Å². The molecule has 1 aromatic rings. The molecule has 0 N–H and O–H groups in total. The Hall–Kier alpha value is -1.16. The number of fused-ring (bicyclic) bond motifs is 2. The van der Waals surface area contributed by atoms with Crippen molar-refractivity contribution in [1.29, 1.82) is 0 Å². The molecule has 0 aromatic heterocycles. The summed E-state index contributed by atoms with van der Waals surface area (Å²) in [4.78, 5) is 12.8. The highest BCUT2D eigenvalue weighted by molar-refractivity contribution is 7.92. The second-order valence-corrected chi connectivity index (χ2v) is 9.18. The molecule has 0 aliphatic carbocycles. The average molecular weight is 306 g/mol. The summed E-state index contributed by atoms with van der Waals surface area (Å²) in [6.45, 7) is 3.98. The van der Waals surface area contributed by atoms with Gasteiger partial charge in [0, 0.05) is 11.5 Å². The van der Waals surface area contributed by atoms with Gasteiger partial charge in [0.1, 0.15) is 0 Å². The largest absolute Gasteiger partial charge is 0.294 e. The molecule has 2 aliphatic heterocycles. The van der Waals surface area contributed by atoms with E-state index in [9.17, 15) is 13.2 Å². The van der Waals surface area contributed by atoms with Crippen LogP contribution in [0.2, 0.25) is 0 Å². The Kier molecular flexibility index (Phi) is 3.68. The monoisotopic (exact) mass is 306 g/mol. The third-order valence-electron chi connectivity index (χ3n) is 4.95. The van der Waals surface area contributed by atoms with Crippen LogP contribution in [0.15, 0.2) is 18.2 Å². The molecule has 0 amide bonds. The Bertz CT molecular complexity index is 635. The van der Waals surface area contributed by atoms with E-state index in [2.05, 4.69) is 6.07 Å². The van der Waals surface area contributed by atoms with Gasteiger partial charge in [0.05, 0.1) is 10.5 Å². The molecular formula is C17H22O3S. The fraction of sp³-hybridized carbons (Fsp3) is 0.588. The number of ketones is 1. The summed E-state index contributed by atoms with van der Waals surface area (Å²) < 4.78 is 24.6. The van der Waals surface area contributed by atoms with Crippen LogP contribution in [0.4, 0.5) is 0 Å². The minimum absolute atomic E-state index is 0.120. The highest BCUT2D eigenvalue weighted by Crippen LogP contribution is 2.40. The quantitative estimate of drug-likeness (QED) is 0.788. The molecule has 0 radical (unpaired) electrons. The summed E-state index contributed by atoms with van der Waals surface area (Å²) in [6.07, 6.45) is 3.49. The van der Waals surface area contributed by atoms with E-state index in [1.165, 1.54) is 0 Å². The lowest BCUT2D eigenvalue weighted by molar-refractivity contribution is 0.0894. The lowest BCUT2D eigenvalue weighted by atomic mass is 9.84. The van der Waals surface area contributed by atoms with Crippen LogP contribution in [0.25, 0.3) is 0 Å². The van der Waals surface area contributed by atoms with Crippen LogP contribution < -0.4 is 0 Å². The molecule has 2 unspecified atom stereocenters. The van der Waals surface area contributed by atoms with Crippen molar-refractivity contribution in [2.45, 2.75) is 56.5 Å². The lowest BCUT2D eigenvalue weighted by Crippen LogP contribution is -2.45. The number of Topliss-reactive ketones (excluding diaryl/α,β-unsaturated/α-hetero) is 1. The third-order valence-corrected chi connectivity index (χ3v) is 7.67. The molecule has 2 atom stereocenters. The zero-order chi connectivity index (χ0) is 15.2.